The Morgan fingerprint density at radius 2 is 2.16 bits per heavy atom. The van der Waals surface area contributed by atoms with Crippen molar-refractivity contribution < 1.29 is 13.9 Å². The summed E-state index contributed by atoms with van der Waals surface area (Å²) in [6.07, 6.45) is 2.02. The van der Waals surface area contributed by atoms with Gasteiger partial charge in [0.05, 0.1) is 13.2 Å². The fraction of sp³-hybridized carbons (Fsp3) is 0.500. The van der Waals surface area contributed by atoms with Gasteiger partial charge < -0.3 is 15.2 Å². The molecule has 0 bridgehead atoms. The Bertz CT molecular complexity index is 447. The molecule has 1 aliphatic rings. The molecule has 104 valence electrons. The van der Waals surface area contributed by atoms with Crippen molar-refractivity contribution in [3.05, 3.63) is 35.1 Å². The second kappa shape index (κ2) is 6.93. The van der Waals surface area contributed by atoms with Crippen LogP contribution in [0.4, 0.5) is 4.39 Å². The third-order valence-electron chi connectivity index (χ3n) is 3.30. The molecule has 0 unspecified atom stereocenters. The number of nitrogens with two attached hydrogens (primary N) is 1. The summed E-state index contributed by atoms with van der Waals surface area (Å²) in [5.41, 5.74) is 6.24. The summed E-state index contributed by atoms with van der Waals surface area (Å²) in [6.45, 7) is 2.47. The van der Waals surface area contributed by atoms with Gasteiger partial charge in [-0.1, -0.05) is 24.4 Å². The van der Waals surface area contributed by atoms with Crippen LogP contribution in [-0.4, -0.2) is 24.8 Å². The van der Waals surface area contributed by atoms with Crippen molar-refractivity contribution in [3.63, 3.8) is 0 Å². The average Bonchev–Trinajstić information content (AvgIpc) is 2.41. The Morgan fingerprint density at radius 3 is 2.84 bits per heavy atom. The molecule has 0 aromatic heterocycles. The minimum atomic E-state index is -0.373. The number of halogens is 1. The van der Waals surface area contributed by atoms with Gasteiger partial charge >= 0.3 is 0 Å². The first-order valence-electron chi connectivity index (χ1n) is 6.41. The molecule has 1 saturated heterocycles. The van der Waals surface area contributed by atoms with E-state index < -0.39 is 0 Å². The van der Waals surface area contributed by atoms with Crippen LogP contribution >= 0.6 is 12.2 Å². The van der Waals surface area contributed by atoms with Crippen LogP contribution in [-0.2, 0) is 16.1 Å². The van der Waals surface area contributed by atoms with Crippen LogP contribution in [0.5, 0.6) is 0 Å². The molecular weight excluding hydrogens is 265 g/mol. The van der Waals surface area contributed by atoms with E-state index in [9.17, 15) is 4.39 Å². The van der Waals surface area contributed by atoms with Crippen LogP contribution in [0.2, 0.25) is 0 Å². The highest BCUT2D eigenvalue weighted by Gasteiger charge is 2.15. The van der Waals surface area contributed by atoms with Gasteiger partial charge in [-0.05, 0) is 24.8 Å². The molecule has 1 aliphatic heterocycles. The molecule has 1 heterocycles. The van der Waals surface area contributed by atoms with Gasteiger partial charge in [0.15, 0.2) is 0 Å². The van der Waals surface area contributed by atoms with E-state index >= 15 is 0 Å². The van der Waals surface area contributed by atoms with Gasteiger partial charge in [-0.25, -0.2) is 4.39 Å². The van der Waals surface area contributed by atoms with Crippen LogP contribution in [0.15, 0.2) is 18.2 Å². The molecule has 0 saturated carbocycles. The van der Waals surface area contributed by atoms with Crippen LogP contribution in [0.1, 0.15) is 24.0 Å². The Morgan fingerprint density at radius 1 is 1.42 bits per heavy atom. The molecule has 2 rings (SSSR count). The zero-order valence-electron chi connectivity index (χ0n) is 10.7. The second-order valence-corrected chi connectivity index (χ2v) is 5.15. The molecule has 0 amide bonds. The normalized spacial score (nSPS) is 16.5. The molecular formula is C14H18FNO2S. The Hall–Kier alpha value is -1.04. The molecule has 2 N–H and O–H groups in total. The highest BCUT2D eigenvalue weighted by Crippen LogP contribution is 2.17. The summed E-state index contributed by atoms with van der Waals surface area (Å²) in [4.78, 5) is 0.0729. The number of thiocarbonyl (C=S) groups is 1. The van der Waals surface area contributed by atoms with Gasteiger partial charge in [0, 0.05) is 24.3 Å². The lowest BCUT2D eigenvalue weighted by atomic mass is 10.0. The Labute approximate surface area is 117 Å². The predicted octanol–water partition coefficient (Wildman–Crippen LogP) is 2.40. The Balaban J connectivity index is 1.88. The summed E-state index contributed by atoms with van der Waals surface area (Å²) in [6, 6.07) is 5.02. The number of hydrogen-bond donors (Lipinski definition) is 1. The minimum absolute atomic E-state index is 0.0729. The van der Waals surface area contributed by atoms with Crippen molar-refractivity contribution in [2.24, 2.45) is 11.7 Å². The molecule has 3 nitrogen and oxygen atoms in total. The number of hydrogen-bond acceptors (Lipinski definition) is 3. The fourth-order valence-electron chi connectivity index (χ4n) is 2.13. The quantitative estimate of drug-likeness (QED) is 0.843. The van der Waals surface area contributed by atoms with E-state index in [1.165, 1.54) is 0 Å². The van der Waals surface area contributed by atoms with Crippen LogP contribution in [0, 0.1) is 11.7 Å². The smallest absolute Gasteiger partial charge is 0.138 e. The first kappa shape index (κ1) is 14.4. The summed E-state index contributed by atoms with van der Waals surface area (Å²) in [5.74, 6) is 0.137. The van der Waals surface area contributed by atoms with E-state index in [0.717, 1.165) is 26.1 Å². The van der Waals surface area contributed by atoms with E-state index in [2.05, 4.69) is 0 Å². The number of rotatable bonds is 5. The molecule has 0 radical (unpaired) electrons. The third kappa shape index (κ3) is 3.96. The molecule has 1 fully saturated rings. The van der Waals surface area contributed by atoms with Gasteiger partial charge in [0.2, 0.25) is 0 Å². The van der Waals surface area contributed by atoms with Crippen LogP contribution in [0.25, 0.3) is 0 Å². The maximum Gasteiger partial charge on any atom is 0.138 e. The average molecular weight is 283 g/mol. The van der Waals surface area contributed by atoms with Crippen molar-refractivity contribution in [2.75, 3.05) is 19.8 Å². The molecule has 5 heteroatoms. The first-order chi connectivity index (χ1) is 9.18. The lowest BCUT2D eigenvalue weighted by molar-refractivity contribution is 0.0151. The Kier molecular flexibility index (Phi) is 5.24. The zero-order chi connectivity index (χ0) is 13.7. The third-order valence-corrected chi connectivity index (χ3v) is 3.52. The highest BCUT2D eigenvalue weighted by atomic mass is 32.1. The number of ether oxygens (including phenoxy) is 2. The summed E-state index contributed by atoms with van der Waals surface area (Å²) < 4.78 is 24.9. The molecule has 0 atom stereocenters. The van der Waals surface area contributed by atoms with Crippen LogP contribution < -0.4 is 5.73 Å². The van der Waals surface area contributed by atoms with E-state index in [-0.39, 0.29) is 23.0 Å². The standard InChI is InChI=1S/C14H18FNO2S/c15-13-11(2-1-3-12(13)14(16)19)9-18-8-10-4-6-17-7-5-10/h1-3,10H,4-9H2,(H2,16,19). The van der Waals surface area contributed by atoms with Crippen molar-refractivity contribution in [3.8, 4) is 0 Å². The SMILES string of the molecule is NC(=S)c1cccc(COCC2CCOCC2)c1F. The predicted molar refractivity (Wildman–Crippen MR) is 75.5 cm³/mol. The van der Waals surface area contributed by atoms with Gasteiger partial charge in [-0.3, -0.25) is 0 Å². The van der Waals surface area contributed by atoms with E-state index in [0.29, 0.717) is 18.1 Å². The minimum Gasteiger partial charge on any atom is -0.389 e. The summed E-state index contributed by atoms with van der Waals surface area (Å²) in [5, 5.41) is 0. The van der Waals surface area contributed by atoms with Crippen molar-refractivity contribution >= 4 is 17.2 Å². The van der Waals surface area contributed by atoms with E-state index in [4.69, 9.17) is 27.4 Å². The van der Waals surface area contributed by atoms with E-state index in [1.807, 2.05) is 0 Å². The largest absolute Gasteiger partial charge is 0.389 e. The van der Waals surface area contributed by atoms with Crippen molar-refractivity contribution in [2.45, 2.75) is 19.4 Å². The summed E-state index contributed by atoms with van der Waals surface area (Å²) >= 11 is 4.81. The van der Waals surface area contributed by atoms with Gasteiger partial charge in [0.25, 0.3) is 0 Å². The zero-order valence-corrected chi connectivity index (χ0v) is 11.5. The first-order valence-corrected chi connectivity index (χ1v) is 6.82. The molecule has 0 aliphatic carbocycles. The van der Waals surface area contributed by atoms with Gasteiger partial charge in [-0.15, -0.1) is 0 Å². The molecule has 0 spiro atoms. The topological polar surface area (TPSA) is 44.5 Å². The lowest BCUT2D eigenvalue weighted by Gasteiger charge is -2.21. The number of benzene rings is 1. The van der Waals surface area contributed by atoms with E-state index in [1.54, 1.807) is 18.2 Å². The lowest BCUT2D eigenvalue weighted by Crippen LogP contribution is -2.20. The molecule has 1 aromatic rings. The second-order valence-electron chi connectivity index (χ2n) is 4.71. The monoisotopic (exact) mass is 283 g/mol. The molecule has 19 heavy (non-hydrogen) atoms. The maximum absolute atomic E-state index is 14.0. The highest BCUT2D eigenvalue weighted by molar-refractivity contribution is 7.80. The van der Waals surface area contributed by atoms with Gasteiger partial charge in [-0.2, -0.15) is 0 Å². The fourth-order valence-corrected chi connectivity index (χ4v) is 2.29. The van der Waals surface area contributed by atoms with Crippen molar-refractivity contribution in [1.82, 2.24) is 0 Å². The maximum atomic E-state index is 14.0. The van der Waals surface area contributed by atoms with Gasteiger partial charge in [0.1, 0.15) is 10.8 Å². The molecule has 1 aromatic carbocycles. The summed E-state index contributed by atoms with van der Waals surface area (Å²) in [7, 11) is 0. The van der Waals surface area contributed by atoms with Crippen molar-refractivity contribution in [1.29, 1.82) is 0 Å². The van der Waals surface area contributed by atoms with Crippen LogP contribution in [0.3, 0.4) is 0 Å².